The zero-order valence-electron chi connectivity index (χ0n) is 23.4. The van der Waals surface area contributed by atoms with E-state index in [1.165, 1.54) is 7.11 Å². The fourth-order valence-corrected chi connectivity index (χ4v) is 4.67. The van der Waals surface area contributed by atoms with Gasteiger partial charge in [0, 0.05) is 24.7 Å². The molecule has 0 unspecified atom stereocenters. The van der Waals surface area contributed by atoms with Gasteiger partial charge in [-0.3, -0.25) is 0 Å². The predicted octanol–water partition coefficient (Wildman–Crippen LogP) is 5.21. The lowest BCUT2D eigenvalue weighted by molar-refractivity contribution is -0.0418. The van der Waals surface area contributed by atoms with Gasteiger partial charge in [-0.05, 0) is 57.5 Å². The number of nitrogens with zero attached hydrogens (tertiary/aromatic N) is 4. The molecule has 10 nitrogen and oxygen atoms in total. The Bertz CT molecular complexity index is 1600. The van der Waals surface area contributed by atoms with Crippen molar-refractivity contribution >= 4 is 17.7 Å². The van der Waals surface area contributed by atoms with Crippen LogP contribution in [0.3, 0.4) is 0 Å². The standard InChI is InChI=1S/C29H30F2N4O6/c1-16-6-7-35-22(13-18-14-34(8-9-39-18)28(37)41-29(2,3)4)25(33-23(35)10-16)24-19(30)11-17(12-20(24)31)26-32-21(15-40-26)27(36)38-5/h6-7,10-12,15,18H,8-9,13-14H2,1-5H3/t18-/m0/s1. The van der Waals surface area contributed by atoms with Gasteiger partial charge in [0.05, 0.1) is 43.3 Å². The Hall–Kier alpha value is -4.32. The van der Waals surface area contributed by atoms with E-state index in [1.54, 1.807) is 36.3 Å². The zero-order valence-corrected chi connectivity index (χ0v) is 23.4. The van der Waals surface area contributed by atoms with Crippen LogP contribution in [0.15, 0.2) is 41.1 Å². The maximum atomic E-state index is 15.7. The Kier molecular flexibility index (Phi) is 7.52. The lowest BCUT2D eigenvalue weighted by atomic mass is 10.0. The quantitative estimate of drug-likeness (QED) is 0.302. The summed E-state index contributed by atoms with van der Waals surface area (Å²) in [5.41, 5.74) is 0.959. The van der Waals surface area contributed by atoms with Gasteiger partial charge in [0.15, 0.2) is 5.69 Å². The highest BCUT2D eigenvalue weighted by atomic mass is 19.1. The summed E-state index contributed by atoms with van der Waals surface area (Å²) < 4.78 is 54.4. The van der Waals surface area contributed by atoms with Gasteiger partial charge in [-0.25, -0.2) is 28.3 Å². The van der Waals surface area contributed by atoms with E-state index in [9.17, 15) is 9.59 Å². The van der Waals surface area contributed by atoms with Crippen molar-refractivity contribution in [1.29, 1.82) is 0 Å². The number of hydrogen-bond acceptors (Lipinski definition) is 8. The molecule has 1 aliphatic rings. The van der Waals surface area contributed by atoms with Crippen molar-refractivity contribution in [1.82, 2.24) is 19.3 Å². The minimum atomic E-state index is -0.890. The molecule has 1 aromatic carbocycles. The van der Waals surface area contributed by atoms with Crippen molar-refractivity contribution < 1.29 is 37.0 Å². The molecule has 0 radical (unpaired) electrons. The van der Waals surface area contributed by atoms with E-state index in [0.29, 0.717) is 17.9 Å². The van der Waals surface area contributed by atoms with Crippen molar-refractivity contribution in [3.63, 3.8) is 0 Å². The third kappa shape index (κ3) is 5.92. The Morgan fingerprint density at radius 2 is 1.88 bits per heavy atom. The van der Waals surface area contributed by atoms with E-state index in [-0.39, 0.29) is 48.0 Å². The highest BCUT2D eigenvalue weighted by Crippen LogP contribution is 2.34. The number of hydrogen-bond donors (Lipinski definition) is 0. The third-order valence-corrected chi connectivity index (χ3v) is 6.52. The van der Waals surface area contributed by atoms with Crippen LogP contribution in [0.2, 0.25) is 0 Å². The van der Waals surface area contributed by atoms with Crippen LogP contribution in [0.25, 0.3) is 28.4 Å². The summed E-state index contributed by atoms with van der Waals surface area (Å²) in [5.74, 6) is -2.66. The first kappa shape index (κ1) is 28.2. The smallest absolute Gasteiger partial charge is 0.410 e. The normalized spacial score (nSPS) is 15.8. The van der Waals surface area contributed by atoms with E-state index in [4.69, 9.17) is 13.9 Å². The molecule has 0 aliphatic carbocycles. The first-order valence-corrected chi connectivity index (χ1v) is 13.0. The van der Waals surface area contributed by atoms with Crippen LogP contribution in [0, 0.1) is 18.6 Å². The Balaban J connectivity index is 1.51. The van der Waals surface area contributed by atoms with Gasteiger partial charge in [0.1, 0.15) is 29.1 Å². The average Bonchev–Trinajstić information content (AvgIpc) is 3.53. The largest absolute Gasteiger partial charge is 0.464 e. The Labute approximate surface area is 234 Å². The van der Waals surface area contributed by atoms with Crippen LogP contribution >= 0.6 is 0 Å². The fourth-order valence-electron chi connectivity index (χ4n) is 4.67. The number of fused-ring (bicyclic) bond motifs is 1. The summed E-state index contributed by atoms with van der Waals surface area (Å²) in [4.78, 5) is 34.5. The van der Waals surface area contributed by atoms with Gasteiger partial charge in [-0.2, -0.15) is 0 Å². The molecule has 0 bridgehead atoms. The topological polar surface area (TPSA) is 108 Å². The van der Waals surface area contributed by atoms with Gasteiger partial charge in [0.25, 0.3) is 0 Å². The second-order valence-electron chi connectivity index (χ2n) is 10.8. The zero-order chi connectivity index (χ0) is 29.5. The molecule has 1 fully saturated rings. The number of methoxy groups -OCH3 is 1. The second-order valence-corrected chi connectivity index (χ2v) is 10.8. The monoisotopic (exact) mass is 568 g/mol. The lowest BCUT2D eigenvalue weighted by Gasteiger charge is -2.34. The van der Waals surface area contributed by atoms with E-state index >= 15 is 8.78 Å². The number of aromatic nitrogens is 3. The number of rotatable bonds is 5. The number of ether oxygens (including phenoxy) is 3. The summed E-state index contributed by atoms with van der Waals surface area (Å²) in [5, 5.41) is 0. The van der Waals surface area contributed by atoms with Gasteiger partial charge >= 0.3 is 12.1 Å². The van der Waals surface area contributed by atoms with Crippen molar-refractivity contribution in [2.24, 2.45) is 0 Å². The Morgan fingerprint density at radius 1 is 1.15 bits per heavy atom. The molecule has 1 aliphatic heterocycles. The van der Waals surface area contributed by atoms with Gasteiger partial charge in [0.2, 0.25) is 5.89 Å². The molecular formula is C29H30F2N4O6. The molecule has 1 amide bonds. The van der Waals surface area contributed by atoms with Crippen LogP contribution in [-0.2, 0) is 20.6 Å². The minimum absolute atomic E-state index is 0.00341. The SMILES string of the molecule is COC(=O)c1coc(-c2cc(F)c(-c3nc4cc(C)ccn4c3C[C@H]3CN(C(=O)OC(C)(C)C)CCO3)c(F)c2)n1. The maximum Gasteiger partial charge on any atom is 0.410 e. The van der Waals surface area contributed by atoms with Crippen molar-refractivity contribution in [2.75, 3.05) is 26.8 Å². The maximum absolute atomic E-state index is 15.7. The third-order valence-electron chi connectivity index (χ3n) is 6.52. The fraction of sp³-hybridized carbons (Fsp3) is 0.379. The number of benzene rings is 1. The molecule has 0 N–H and O–H groups in total. The average molecular weight is 569 g/mol. The molecule has 3 aromatic heterocycles. The highest BCUT2D eigenvalue weighted by molar-refractivity contribution is 5.87. The number of esters is 1. The minimum Gasteiger partial charge on any atom is -0.464 e. The van der Waals surface area contributed by atoms with Crippen LogP contribution < -0.4 is 0 Å². The first-order valence-electron chi connectivity index (χ1n) is 13.0. The number of pyridine rings is 1. The molecule has 4 aromatic rings. The number of aryl methyl sites for hydroxylation is 1. The molecule has 1 saturated heterocycles. The van der Waals surface area contributed by atoms with E-state index in [1.807, 2.05) is 19.1 Å². The lowest BCUT2D eigenvalue weighted by Crippen LogP contribution is -2.48. The highest BCUT2D eigenvalue weighted by Gasteiger charge is 2.31. The van der Waals surface area contributed by atoms with Gasteiger partial charge in [-0.15, -0.1) is 0 Å². The second kappa shape index (κ2) is 10.9. The molecular weight excluding hydrogens is 538 g/mol. The summed E-state index contributed by atoms with van der Waals surface area (Å²) in [7, 11) is 1.19. The Morgan fingerprint density at radius 3 is 2.56 bits per heavy atom. The molecule has 0 spiro atoms. The molecule has 1 atom stereocenters. The summed E-state index contributed by atoms with van der Waals surface area (Å²) in [6, 6.07) is 5.83. The summed E-state index contributed by atoms with van der Waals surface area (Å²) in [6.07, 6.45) is 2.15. The van der Waals surface area contributed by atoms with Gasteiger partial charge < -0.3 is 27.9 Å². The molecule has 4 heterocycles. The predicted molar refractivity (Wildman–Crippen MR) is 143 cm³/mol. The molecule has 12 heteroatoms. The van der Waals surface area contributed by atoms with E-state index in [2.05, 4.69) is 14.7 Å². The molecule has 216 valence electrons. The molecule has 41 heavy (non-hydrogen) atoms. The number of amides is 1. The summed E-state index contributed by atoms with van der Waals surface area (Å²) >= 11 is 0. The molecule has 0 saturated carbocycles. The summed E-state index contributed by atoms with van der Waals surface area (Å²) in [6.45, 7) is 8.18. The van der Waals surface area contributed by atoms with Crippen molar-refractivity contribution in [2.45, 2.75) is 45.8 Å². The van der Waals surface area contributed by atoms with Gasteiger partial charge in [-0.1, -0.05) is 0 Å². The number of halogens is 2. The van der Waals surface area contributed by atoms with Crippen LogP contribution in [0.5, 0.6) is 0 Å². The van der Waals surface area contributed by atoms with Crippen LogP contribution in [-0.4, -0.2) is 69.8 Å². The van der Waals surface area contributed by atoms with Crippen LogP contribution in [0.1, 0.15) is 42.5 Å². The number of oxazole rings is 1. The van der Waals surface area contributed by atoms with E-state index in [0.717, 1.165) is 24.0 Å². The number of imidazole rings is 1. The number of carbonyl (C=O) groups excluding carboxylic acids is 2. The number of morpholine rings is 1. The first-order chi connectivity index (χ1) is 19.4. The van der Waals surface area contributed by atoms with Crippen molar-refractivity contribution in [3.8, 4) is 22.7 Å². The van der Waals surface area contributed by atoms with Crippen molar-refractivity contribution in [3.05, 3.63) is 65.3 Å². The van der Waals surface area contributed by atoms with Crippen LogP contribution in [0.4, 0.5) is 13.6 Å². The molecule has 5 rings (SSSR count). The number of carbonyl (C=O) groups is 2. The van der Waals surface area contributed by atoms with E-state index < -0.39 is 35.4 Å².